The van der Waals surface area contributed by atoms with Crippen molar-refractivity contribution in [3.8, 4) is 0 Å². The minimum absolute atomic E-state index is 0.0457. The van der Waals surface area contributed by atoms with Gasteiger partial charge >= 0.3 is 0 Å². The molecule has 0 aromatic heterocycles. The summed E-state index contributed by atoms with van der Waals surface area (Å²) in [5, 5.41) is 0. The maximum atomic E-state index is 10.5. The largest absolute Gasteiger partial charge is 0.486 e. The Morgan fingerprint density at radius 3 is 2.83 bits per heavy atom. The lowest BCUT2D eigenvalue weighted by Gasteiger charge is -2.22. The molecule has 2 heteroatoms. The van der Waals surface area contributed by atoms with Gasteiger partial charge in [-0.05, 0) is 18.8 Å². The van der Waals surface area contributed by atoms with Crippen LogP contribution >= 0.6 is 0 Å². The Balaban J connectivity index is 2.75. The molecule has 0 bridgehead atoms. The summed E-state index contributed by atoms with van der Waals surface area (Å²) >= 11 is 0. The Kier molecular flexibility index (Phi) is 2.58. The van der Waals surface area contributed by atoms with Gasteiger partial charge in [-0.25, -0.2) is 4.79 Å². The molecule has 1 heterocycles. The molecule has 0 radical (unpaired) electrons. The van der Waals surface area contributed by atoms with E-state index in [-0.39, 0.29) is 5.41 Å². The van der Waals surface area contributed by atoms with Gasteiger partial charge in [-0.1, -0.05) is 20.8 Å². The minimum Gasteiger partial charge on any atom is -0.486 e. The third-order valence-electron chi connectivity index (χ3n) is 2.40. The zero-order valence-corrected chi connectivity index (χ0v) is 8.02. The molecule has 0 spiro atoms. The van der Waals surface area contributed by atoms with Crippen molar-refractivity contribution in [3.05, 3.63) is 5.76 Å². The summed E-state index contributed by atoms with van der Waals surface area (Å²) in [6.07, 6.45) is 1.97. The molecule has 1 aliphatic rings. The number of hydrogen-bond acceptors (Lipinski definition) is 2. The van der Waals surface area contributed by atoms with Gasteiger partial charge in [0.15, 0.2) is 11.7 Å². The maximum Gasteiger partial charge on any atom is 0.185 e. The van der Waals surface area contributed by atoms with Crippen LogP contribution in [-0.2, 0) is 9.53 Å². The van der Waals surface area contributed by atoms with Crippen LogP contribution in [0.3, 0.4) is 0 Å². The van der Waals surface area contributed by atoms with E-state index in [4.69, 9.17) is 4.74 Å². The first kappa shape index (κ1) is 9.34. The van der Waals surface area contributed by atoms with Crippen LogP contribution in [0.15, 0.2) is 5.76 Å². The molecule has 0 aromatic carbocycles. The Morgan fingerprint density at radius 1 is 1.67 bits per heavy atom. The lowest BCUT2D eigenvalue weighted by atomic mass is 9.79. The van der Waals surface area contributed by atoms with Gasteiger partial charge in [0.05, 0.1) is 6.61 Å². The lowest BCUT2D eigenvalue weighted by molar-refractivity contribution is 0.238. The van der Waals surface area contributed by atoms with Crippen LogP contribution in [0.25, 0.3) is 0 Å². The first-order valence-corrected chi connectivity index (χ1v) is 4.47. The quantitative estimate of drug-likeness (QED) is 0.591. The van der Waals surface area contributed by atoms with E-state index < -0.39 is 0 Å². The average Bonchev–Trinajstić information content (AvgIpc) is 2.28. The fraction of sp³-hybridized carbons (Fsp3) is 0.800. The molecule has 1 saturated heterocycles. The molecular formula is C10H16O2. The number of carbonyl (C=O) groups excluding carboxylic acids is 1. The van der Waals surface area contributed by atoms with Crippen LogP contribution in [0.2, 0.25) is 0 Å². The monoisotopic (exact) mass is 168 g/mol. The fourth-order valence-corrected chi connectivity index (χ4v) is 1.91. The summed E-state index contributed by atoms with van der Waals surface area (Å²) < 4.78 is 5.21. The molecule has 1 fully saturated rings. The first-order valence-electron chi connectivity index (χ1n) is 4.47. The maximum absolute atomic E-state index is 10.5. The SMILES string of the molecule is CC(C)CC1(C)CCOC1=C=O. The molecule has 68 valence electrons. The van der Waals surface area contributed by atoms with Gasteiger partial charge in [-0.15, -0.1) is 0 Å². The highest BCUT2D eigenvalue weighted by Gasteiger charge is 2.37. The molecule has 1 aliphatic heterocycles. The Morgan fingerprint density at radius 2 is 2.33 bits per heavy atom. The molecular weight excluding hydrogens is 152 g/mol. The molecule has 0 amide bonds. The molecule has 0 aromatic rings. The van der Waals surface area contributed by atoms with Crippen LogP contribution in [0.1, 0.15) is 33.6 Å². The van der Waals surface area contributed by atoms with Gasteiger partial charge in [0.25, 0.3) is 0 Å². The van der Waals surface area contributed by atoms with Crippen molar-refractivity contribution >= 4 is 5.94 Å². The van der Waals surface area contributed by atoms with E-state index in [1.54, 1.807) is 0 Å². The van der Waals surface area contributed by atoms with Crippen molar-refractivity contribution in [1.82, 2.24) is 0 Å². The first-order chi connectivity index (χ1) is 5.58. The van der Waals surface area contributed by atoms with Crippen molar-refractivity contribution in [2.45, 2.75) is 33.6 Å². The van der Waals surface area contributed by atoms with Crippen molar-refractivity contribution in [2.24, 2.45) is 11.3 Å². The summed E-state index contributed by atoms with van der Waals surface area (Å²) in [7, 11) is 0. The van der Waals surface area contributed by atoms with Crippen molar-refractivity contribution < 1.29 is 9.53 Å². The molecule has 1 unspecified atom stereocenters. The number of hydrogen-bond donors (Lipinski definition) is 0. The zero-order chi connectivity index (χ0) is 9.19. The smallest absolute Gasteiger partial charge is 0.185 e. The topological polar surface area (TPSA) is 26.3 Å². The van der Waals surface area contributed by atoms with E-state index in [2.05, 4.69) is 20.8 Å². The highest BCUT2D eigenvalue weighted by atomic mass is 16.5. The second-order valence-corrected chi connectivity index (χ2v) is 4.19. The second kappa shape index (κ2) is 3.32. The molecule has 12 heavy (non-hydrogen) atoms. The van der Waals surface area contributed by atoms with E-state index in [0.717, 1.165) is 12.8 Å². The van der Waals surface area contributed by atoms with E-state index in [0.29, 0.717) is 18.3 Å². The van der Waals surface area contributed by atoms with E-state index in [9.17, 15) is 4.79 Å². The predicted molar refractivity (Wildman–Crippen MR) is 47.3 cm³/mol. The van der Waals surface area contributed by atoms with Gasteiger partial charge in [0.1, 0.15) is 0 Å². The van der Waals surface area contributed by atoms with Crippen LogP contribution in [-0.4, -0.2) is 12.5 Å². The number of allylic oxidation sites excluding steroid dienone is 1. The number of ether oxygens (including phenoxy) is 1. The summed E-state index contributed by atoms with van der Waals surface area (Å²) in [4.78, 5) is 10.5. The minimum atomic E-state index is -0.0457. The van der Waals surface area contributed by atoms with Crippen LogP contribution in [0.4, 0.5) is 0 Å². The predicted octanol–water partition coefficient (Wildman–Crippen LogP) is 2.17. The Hall–Kier alpha value is -0.750. The fourth-order valence-electron chi connectivity index (χ4n) is 1.91. The molecule has 0 saturated carbocycles. The highest BCUT2D eigenvalue weighted by Crippen LogP contribution is 2.41. The Labute approximate surface area is 73.6 Å². The zero-order valence-electron chi connectivity index (χ0n) is 8.02. The van der Waals surface area contributed by atoms with Gasteiger partial charge in [-0.2, -0.15) is 0 Å². The standard InChI is InChI=1S/C10H16O2/c1-8(2)6-10(3)4-5-12-9(10)7-11/h8H,4-6H2,1-3H3. The number of rotatable bonds is 2. The lowest BCUT2D eigenvalue weighted by Crippen LogP contribution is -2.17. The summed E-state index contributed by atoms with van der Waals surface area (Å²) in [5.41, 5.74) is -0.0457. The van der Waals surface area contributed by atoms with Crippen LogP contribution in [0, 0.1) is 11.3 Å². The summed E-state index contributed by atoms with van der Waals surface area (Å²) in [5.74, 6) is 3.03. The van der Waals surface area contributed by atoms with E-state index in [1.165, 1.54) is 0 Å². The van der Waals surface area contributed by atoms with E-state index >= 15 is 0 Å². The third-order valence-corrected chi connectivity index (χ3v) is 2.40. The van der Waals surface area contributed by atoms with Crippen molar-refractivity contribution in [1.29, 1.82) is 0 Å². The van der Waals surface area contributed by atoms with E-state index in [1.807, 2.05) is 5.94 Å². The van der Waals surface area contributed by atoms with Gasteiger partial charge in [0.2, 0.25) is 0 Å². The molecule has 0 N–H and O–H groups in total. The molecule has 0 aliphatic carbocycles. The normalized spacial score (nSPS) is 28.8. The van der Waals surface area contributed by atoms with Crippen molar-refractivity contribution in [3.63, 3.8) is 0 Å². The Bertz CT molecular complexity index is 214. The second-order valence-electron chi connectivity index (χ2n) is 4.19. The molecule has 1 rings (SSSR count). The average molecular weight is 168 g/mol. The van der Waals surface area contributed by atoms with Crippen LogP contribution < -0.4 is 0 Å². The molecule has 1 atom stereocenters. The molecule has 2 nitrogen and oxygen atoms in total. The van der Waals surface area contributed by atoms with Crippen LogP contribution in [0.5, 0.6) is 0 Å². The van der Waals surface area contributed by atoms with Gasteiger partial charge < -0.3 is 4.74 Å². The van der Waals surface area contributed by atoms with Gasteiger partial charge in [-0.3, -0.25) is 0 Å². The third kappa shape index (κ3) is 1.70. The highest BCUT2D eigenvalue weighted by molar-refractivity contribution is 5.52. The van der Waals surface area contributed by atoms with Crippen molar-refractivity contribution in [2.75, 3.05) is 6.61 Å². The summed E-state index contributed by atoms with van der Waals surface area (Å²) in [6.45, 7) is 7.08. The van der Waals surface area contributed by atoms with Gasteiger partial charge in [0, 0.05) is 5.41 Å². The summed E-state index contributed by atoms with van der Waals surface area (Å²) in [6, 6.07) is 0.